The van der Waals surface area contributed by atoms with E-state index in [-0.39, 0.29) is 5.91 Å². The van der Waals surface area contributed by atoms with Gasteiger partial charge in [0.25, 0.3) is 5.91 Å². The summed E-state index contributed by atoms with van der Waals surface area (Å²) in [5, 5.41) is 3.44. The summed E-state index contributed by atoms with van der Waals surface area (Å²) in [7, 11) is 0. The lowest BCUT2D eigenvalue weighted by atomic mass is 10.2. The fourth-order valence-corrected chi connectivity index (χ4v) is 2.52. The molecule has 0 fully saturated rings. The highest BCUT2D eigenvalue weighted by Crippen LogP contribution is 2.22. The number of nitrogens with one attached hydrogen (secondary N) is 1. The average molecular weight is 290 g/mol. The molecule has 4 nitrogen and oxygen atoms in total. The number of aryl methyl sites for hydroxylation is 2. The SMILES string of the molecule is CC[C@@H](Oc1ccccc1)C(=O)Nc1nc(C)c(C)s1. The molecule has 0 aliphatic carbocycles. The maximum Gasteiger partial charge on any atom is 0.267 e. The zero-order valence-electron chi connectivity index (χ0n) is 11.8. The molecule has 0 bridgehead atoms. The van der Waals surface area contributed by atoms with Crippen molar-refractivity contribution in [2.45, 2.75) is 33.3 Å². The van der Waals surface area contributed by atoms with E-state index >= 15 is 0 Å². The summed E-state index contributed by atoms with van der Waals surface area (Å²) in [5.41, 5.74) is 0.947. The zero-order chi connectivity index (χ0) is 14.5. The second kappa shape index (κ2) is 6.52. The van der Waals surface area contributed by atoms with Gasteiger partial charge in [-0.1, -0.05) is 25.1 Å². The number of carbonyl (C=O) groups excluding carboxylic acids is 1. The van der Waals surface area contributed by atoms with Crippen molar-refractivity contribution in [2.75, 3.05) is 5.32 Å². The predicted molar refractivity (Wildman–Crippen MR) is 81.4 cm³/mol. The Kier molecular flexibility index (Phi) is 4.74. The number of hydrogen-bond acceptors (Lipinski definition) is 4. The summed E-state index contributed by atoms with van der Waals surface area (Å²) in [4.78, 5) is 17.6. The zero-order valence-corrected chi connectivity index (χ0v) is 12.7. The van der Waals surface area contributed by atoms with Crippen LogP contribution in [0.2, 0.25) is 0 Å². The minimum Gasteiger partial charge on any atom is -0.481 e. The largest absolute Gasteiger partial charge is 0.481 e. The Bertz CT molecular complexity index is 561. The second-order valence-corrected chi connectivity index (χ2v) is 5.68. The van der Waals surface area contributed by atoms with E-state index in [1.807, 2.05) is 51.1 Å². The van der Waals surface area contributed by atoms with Crippen LogP contribution in [0.25, 0.3) is 0 Å². The molecule has 1 heterocycles. The van der Waals surface area contributed by atoms with Gasteiger partial charge >= 0.3 is 0 Å². The van der Waals surface area contributed by atoms with Gasteiger partial charge < -0.3 is 4.74 Å². The molecule has 2 rings (SSSR count). The van der Waals surface area contributed by atoms with Crippen LogP contribution in [0.3, 0.4) is 0 Å². The topological polar surface area (TPSA) is 51.2 Å². The Morgan fingerprint density at radius 2 is 2.05 bits per heavy atom. The van der Waals surface area contributed by atoms with Crippen LogP contribution < -0.4 is 10.1 Å². The minimum absolute atomic E-state index is 0.162. The lowest BCUT2D eigenvalue weighted by Crippen LogP contribution is -2.32. The lowest BCUT2D eigenvalue weighted by Gasteiger charge is -2.16. The van der Waals surface area contributed by atoms with Crippen LogP contribution in [0.5, 0.6) is 5.75 Å². The molecule has 5 heteroatoms. The Hall–Kier alpha value is -1.88. The van der Waals surface area contributed by atoms with Gasteiger partial charge in [0.2, 0.25) is 0 Å². The van der Waals surface area contributed by atoms with Crippen LogP contribution in [0, 0.1) is 13.8 Å². The predicted octanol–water partition coefficient (Wildman–Crippen LogP) is 3.56. The molecule has 0 spiro atoms. The third-order valence-corrected chi connectivity index (χ3v) is 3.93. The number of carbonyl (C=O) groups is 1. The smallest absolute Gasteiger partial charge is 0.267 e. The average Bonchev–Trinajstić information content (AvgIpc) is 2.75. The Morgan fingerprint density at radius 1 is 1.35 bits per heavy atom. The van der Waals surface area contributed by atoms with Gasteiger partial charge in [-0.15, -0.1) is 11.3 Å². The molecule has 20 heavy (non-hydrogen) atoms. The quantitative estimate of drug-likeness (QED) is 0.916. The molecular weight excluding hydrogens is 272 g/mol. The Labute approximate surface area is 122 Å². The highest BCUT2D eigenvalue weighted by atomic mass is 32.1. The third-order valence-electron chi connectivity index (χ3n) is 2.94. The summed E-state index contributed by atoms with van der Waals surface area (Å²) in [6.45, 7) is 5.84. The molecule has 0 saturated carbocycles. The van der Waals surface area contributed by atoms with E-state index < -0.39 is 6.10 Å². The third kappa shape index (κ3) is 3.57. The van der Waals surface area contributed by atoms with Gasteiger partial charge in [0, 0.05) is 4.88 Å². The van der Waals surface area contributed by atoms with Gasteiger partial charge in [-0.25, -0.2) is 4.98 Å². The monoisotopic (exact) mass is 290 g/mol. The molecule has 0 aliphatic heterocycles. The molecule has 0 saturated heterocycles. The van der Waals surface area contributed by atoms with Gasteiger partial charge in [0.05, 0.1) is 5.69 Å². The summed E-state index contributed by atoms with van der Waals surface area (Å²) in [6, 6.07) is 9.36. The van der Waals surface area contributed by atoms with E-state index in [0.717, 1.165) is 10.6 Å². The number of anilines is 1. The van der Waals surface area contributed by atoms with Crippen LogP contribution in [0.15, 0.2) is 30.3 Å². The molecule has 2 aromatic rings. The van der Waals surface area contributed by atoms with Gasteiger partial charge in [-0.2, -0.15) is 0 Å². The van der Waals surface area contributed by atoms with Crippen molar-refractivity contribution in [2.24, 2.45) is 0 Å². The molecule has 106 valence electrons. The molecule has 1 aromatic heterocycles. The first-order valence-corrected chi connectivity index (χ1v) is 7.38. The van der Waals surface area contributed by atoms with Crippen LogP contribution in [0.4, 0.5) is 5.13 Å². The van der Waals surface area contributed by atoms with Gasteiger partial charge in [-0.3, -0.25) is 10.1 Å². The number of thiazole rings is 1. The van der Waals surface area contributed by atoms with Crippen molar-refractivity contribution in [3.05, 3.63) is 40.9 Å². The Balaban J connectivity index is 2.02. The van der Waals surface area contributed by atoms with Crippen LogP contribution in [-0.2, 0) is 4.79 Å². The number of para-hydroxylation sites is 1. The number of benzene rings is 1. The van der Waals surface area contributed by atoms with Crippen LogP contribution in [-0.4, -0.2) is 17.0 Å². The standard InChI is InChI=1S/C15H18N2O2S/c1-4-13(19-12-8-6-5-7-9-12)14(18)17-15-16-10(2)11(3)20-15/h5-9,13H,4H2,1-3H3,(H,16,17,18)/t13-/m1/s1. The number of aromatic nitrogens is 1. The van der Waals surface area contributed by atoms with Crippen molar-refractivity contribution < 1.29 is 9.53 Å². The molecule has 0 radical (unpaired) electrons. The molecule has 1 amide bonds. The molecule has 0 aliphatic rings. The van der Waals surface area contributed by atoms with E-state index in [9.17, 15) is 4.79 Å². The van der Waals surface area contributed by atoms with Crippen LogP contribution >= 0.6 is 11.3 Å². The van der Waals surface area contributed by atoms with Crippen molar-refractivity contribution in [1.82, 2.24) is 4.98 Å². The fraction of sp³-hybridized carbons (Fsp3) is 0.333. The molecule has 1 N–H and O–H groups in total. The van der Waals surface area contributed by atoms with Gasteiger partial charge in [0.15, 0.2) is 11.2 Å². The van der Waals surface area contributed by atoms with E-state index in [4.69, 9.17) is 4.74 Å². The summed E-state index contributed by atoms with van der Waals surface area (Å²) >= 11 is 1.48. The maximum atomic E-state index is 12.2. The second-order valence-electron chi connectivity index (χ2n) is 4.48. The first-order valence-electron chi connectivity index (χ1n) is 6.56. The van der Waals surface area contributed by atoms with Crippen molar-refractivity contribution >= 4 is 22.4 Å². The molecule has 1 aromatic carbocycles. The molecule has 0 unspecified atom stereocenters. The van der Waals surface area contributed by atoms with Crippen molar-refractivity contribution in [3.8, 4) is 5.75 Å². The van der Waals surface area contributed by atoms with E-state index in [2.05, 4.69) is 10.3 Å². The molecule has 1 atom stereocenters. The highest BCUT2D eigenvalue weighted by Gasteiger charge is 2.19. The summed E-state index contributed by atoms with van der Waals surface area (Å²) < 4.78 is 5.70. The Morgan fingerprint density at radius 3 is 2.60 bits per heavy atom. The van der Waals surface area contributed by atoms with Crippen molar-refractivity contribution in [3.63, 3.8) is 0 Å². The highest BCUT2D eigenvalue weighted by molar-refractivity contribution is 7.15. The number of hydrogen-bond donors (Lipinski definition) is 1. The van der Waals surface area contributed by atoms with Gasteiger partial charge in [-0.05, 0) is 32.4 Å². The first-order chi connectivity index (χ1) is 9.60. The van der Waals surface area contributed by atoms with Crippen LogP contribution in [0.1, 0.15) is 23.9 Å². The van der Waals surface area contributed by atoms with Gasteiger partial charge in [0.1, 0.15) is 5.75 Å². The van der Waals surface area contributed by atoms with E-state index in [0.29, 0.717) is 17.3 Å². The number of ether oxygens (including phenoxy) is 1. The lowest BCUT2D eigenvalue weighted by molar-refractivity contribution is -0.122. The first kappa shape index (κ1) is 14.5. The summed E-state index contributed by atoms with van der Waals surface area (Å²) in [6.07, 6.45) is 0.0891. The number of nitrogens with zero attached hydrogens (tertiary/aromatic N) is 1. The maximum absolute atomic E-state index is 12.2. The summed E-state index contributed by atoms with van der Waals surface area (Å²) in [5.74, 6) is 0.533. The van der Waals surface area contributed by atoms with E-state index in [1.54, 1.807) is 0 Å². The van der Waals surface area contributed by atoms with Crippen molar-refractivity contribution in [1.29, 1.82) is 0 Å². The van der Waals surface area contributed by atoms with E-state index in [1.165, 1.54) is 11.3 Å². The minimum atomic E-state index is -0.512. The molecular formula is C15H18N2O2S. The number of rotatable bonds is 5. The fourth-order valence-electron chi connectivity index (χ4n) is 1.70. The number of amides is 1. The normalized spacial score (nSPS) is 11.9.